The molecule has 208 valence electrons. The molecular formula is C35H52N2S. The number of benzene rings is 1. The van der Waals surface area contributed by atoms with E-state index in [1.165, 1.54) is 81.9 Å². The summed E-state index contributed by atoms with van der Waals surface area (Å²) in [5.74, 6) is 6.25. The fourth-order valence-electron chi connectivity index (χ4n) is 10.8. The average Bonchev–Trinajstić information content (AvgIpc) is 3.25. The zero-order valence-electron chi connectivity index (χ0n) is 24.7. The van der Waals surface area contributed by atoms with Gasteiger partial charge in [-0.15, -0.1) is 0 Å². The first-order valence-corrected chi connectivity index (χ1v) is 16.5. The SMILES string of the molecule is CC(C)CCC[C@@H](C)[C@H]1CC[C@H]2[C@@H]3CCC4CC5=C(C[C@]4(C)[C@H]3CC[C@]12C)C(c1ccccc1)NC(=S)N5. The molecule has 0 radical (unpaired) electrons. The Morgan fingerprint density at radius 3 is 2.45 bits per heavy atom. The summed E-state index contributed by atoms with van der Waals surface area (Å²) in [6.45, 7) is 12.8. The highest BCUT2D eigenvalue weighted by Crippen LogP contribution is 2.69. The highest BCUT2D eigenvalue weighted by atomic mass is 32.1. The smallest absolute Gasteiger partial charge is 0.171 e. The summed E-state index contributed by atoms with van der Waals surface area (Å²) >= 11 is 5.70. The summed E-state index contributed by atoms with van der Waals surface area (Å²) in [6.07, 6.45) is 15.5. The van der Waals surface area contributed by atoms with Gasteiger partial charge < -0.3 is 10.6 Å². The third kappa shape index (κ3) is 4.47. The lowest BCUT2D eigenvalue weighted by molar-refractivity contribution is -0.104. The Hall–Kier alpha value is -1.35. The number of allylic oxidation sites excluding steroid dienone is 1. The molecule has 0 bridgehead atoms. The lowest BCUT2D eigenvalue weighted by atomic mass is 9.44. The maximum absolute atomic E-state index is 5.70. The van der Waals surface area contributed by atoms with Crippen LogP contribution in [0.1, 0.15) is 117 Å². The molecule has 1 heterocycles. The van der Waals surface area contributed by atoms with E-state index < -0.39 is 0 Å². The van der Waals surface area contributed by atoms with Crippen LogP contribution in [0.25, 0.3) is 0 Å². The van der Waals surface area contributed by atoms with Crippen LogP contribution in [-0.2, 0) is 0 Å². The van der Waals surface area contributed by atoms with Crippen molar-refractivity contribution >= 4 is 17.3 Å². The van der Waals surface area contributed by atoms with Crippen LogP contribution in [0.4, 0.5) is 0 Å². The molecule has 0 saturated heterocycles. The molecule has 2 nitrogen and oxygen atoms in total. The van der Waals surface area contributed by atoms with Gasteiger partial charge >= 0.3 is 0 Å². The molecule has 9 atom stereocenters. The number of hydrogen-bond acceptors (Lipinski definition) is 1. The van der Waals surface area contributed by atoms with Crippen LogP contribution in [0.5, 0.6) is 0 Å². The molecule has 6 rings (SSSR count). The van der Waals surface area contributed by atoms with Gasteiger partial charge in [0.05, 0.1) is 6.04 Å². The molecule has 2 unspecified atom stereocenters. The zero-order chi connectivity index (χ0) is 26.7. The average molecular weight is 533 g/mol. The predicted octanol–water partition coefficient (Wildman–Crippen LogP) is 9.19. The summed E-state index contributed by atoms with van der Waals surface area (Å²) in [5.41, 5.74) is 5.40. The van der Waals surface area contributed by atoms with Crippen LogP contribution in [-0.4, -0.2) is 5.11 Å². The quantitative estimate of drug-likeness (QED) is 0.357. The zero-order valence-corrected chi connectivity index (χ0v) is 25.5. The summed E-state index contributed by atoms with van der Waals surface area (Å²) in [6, 6.07) is 11.3. The lowest BCUT2D eigenvalue weighted by Gasteiger charge is -2.61. The Morgan fingerprint density at radius 1 is 0.921 bits per heavy atom. The second-order valence-corrected chi connectivity index (χ2v) is 15.4. The maximum Gasteiger partial charge on any atom is 0.171 e. The van der Waals surface area contributed by atoms with Crippen LogP contribution in [0.15, 0.2) is 41.6 Å². The molecule has 0 aromatic heterocycles. The van der Waals surface area contributed by atoms with E-state index in [1.54, 1.807) is 5.57 Å². The van der Waals surface area contributed by atoms with Gasteiger partial charge in [0.2, 0.25) is 0 Å². The van der Waals surface area contributed by atoms with E-state index in [2.05, 4.69) is 75.6 Å². The van der Waals surface area contributed by atoms with Crippen molar-refractivity contribution in [1.82, 2.24) is 10.6 Å². The number of nitrogens with one attached hydrogen (secondary N) is 2. The van der Waals surface area contributed by atoms with E-state index in [0.29, 0.717) is 10.8 Å². The van der Waals surface area contributed by atoms with E-state index in [9.17, 15) is 0 Å². The van der Waals surface area contributed by atoms with Crippen LogP contribution < -0.4 is 10.6 Å². The van der Waals surface area contributed by atoms with Gasteiger partial charge in [0.1, 0.15) is 0 Å². The van der Waals surface area contributed by atoms with Crippen molar-refractivity contribution in [3.05, 3.63) is 47.2 Å². The summed E-state index contributed by atoms with van der Waals surface area (Å²) in [5, 5.41) is 8.10. The summed E-state index contributed by atoms with van der Waals surface area (Å²) < 4.78 is 0. The Balaban J connectivity index is 1.23. The minimum atomic E-state index is 0.231. The molecule has 2 N–H and O–H groups in total. The molecule has 3 heteroatoms. The normalized spacial score (nSPS) is 40.9. The molecule has 0 amide bonds. The van der Waals surface area contributed by atoms with Crippen molar-refractivity contribution in [1.29, 1.82) is 0 Å². The van der Waals surface area contributed by atoms with Gasteiger partial charge in [-0.3, -0.25) is 0 Å². The summed E-state index contributed by atoms with van der Waals surface area (Å²) in [4.78, 5) is 0. The van der Waals surface area contributed by atoms with Gasteiger partial charge in [0, 0.05) is 5.70 Å². The van der Waals surface area contributed by atoms with Gasteiger partial charge in [-0.2, -0.15) is 0 Å². The Bertz CT molecular complexity index is 1060. The number of fused-ring (bicyclic) bond motifs is 5. The predicted molar refractivity (Wildman–Crippen MR) is 164 cm³/mol. The van der Waals surface area contributed by atoms with Crippen molar-refractivity contribution < 1.29 is 0 Å². The molecule has 3 fully saturated rings. The summed E-state index contributed by atoms with van der Waals surface area (Å²) in [7, 11) is 0. The van der Waals surface area contributed by atoms with Crippen molar-refractivity contribution in [3.8, 4) is 0 Å². The molecule has 3 saturated carbocycles. The highest BCUT2D eigenvalue weighted by Gasteiger charge is 2.61. The molecular weight excluding hydrogens is 480 g/mol. The Morgan fingerprint density at radius 2 is 1.68 bits per heavy atom. The molecule has 1 aromatic carbocycles. The van der Waals surface area contributed by atoms with E-state index in [4.69, 9.17) is 12.2 Å². The third-order valence-electron chi connectivity index (χ3n) is 12.7. The van der Waals surface area contributed by atoms with Crippen molar-refractivity contribution in [2.75, 3.05) is 0 Å². The first kappa shape index (κ1) is 26.9. The molecule has 0 spiro atoms. The van der Waals surface area contributed by atoms with E-state index in [0.717, 1.165) is 46.5 Å². The van der Waals surface area contributed by atoms with Crippen LogP contribution in [0.2, 0.25) is 0 Å². The van der Waals surface area contributed by atoms with Gasteiger partial charge in [-0.25, -0.2) is 0 Å². The standard InChI is InChI=1S/C35H52N2S/c1-22(2)10-9-11-23(3)28-16-17-29-26-15-14-25-20-31-27(21-35(25,5)30(26)18-19-34(28,29)4)32(37-33(38)36-31)24-12-7-6-8-13-24/h6-8,12-13,22-23,25-26,28-30,32H,9-11,14-21H2,1-5H3,(H2,36,37,38)/t23-,25?,26+,28-,29+,30+,32?,34-,35+/m1/s1. The van der Waals surface area contributed by atoms with Gasteiger partial charge in [-0.1, -0.05) is 84.2 Å². The maximum atomic E-state index is 5.70. The largest absolute Gasteiger partial charge is 0.352 e. The van der Waals surface area contributed by atoms with Gasteiger partial charge in [0.25, 0.3) is 0 Å². The minimum Gasteiger partial charge on any atom is -0.352 e. The second kappa shape index (κ2) is 10.2. The number of thiocarbonyl (C=S) groups is 1. The second-order valence-electron chi connectivity index (χ2n) is 15.0. The molecule has 1 aliphatic heterocycles. The Kier molecular flexibility index (Phi) is 7.24. The number of hydrogen-bond donors (Lipinski definition) is 2. The van der Waals surface area contributed by atoms with Crippen LogP contribution in [0, 0.1) is 52.3 Å². The fraction of sp³-hybridized carbons (Fsp3) is 0.743. The highest BCUT2D eigenvalue weighted by molar-refractivity contribution is 7.80. The van der Waals surface area contributed by atoms with Crippen molar-refractivity contribution in [3.63, 3.8) is 0 Å². The lowest BCUT2D eigenvalue weighted by Crippen LogP contribution is -2.55. The third-order valence-corrected chi connectivity index (χ3v) is 12.9. The molecule has 1 aromatic rings. The topological polar surface area (TPSA) is 24.1 Å². The Labute approximate surface area is 238 Å². The molecule has 4 aliphatic carbocycles. The van der Waals surface area contributed by atoms with Crippen molar-refractivity contribution in [2.45, 2.75) is 111 Å². The van der Waals surface area contributed by atoms with Crippen LogP contribution >= 0.6 is 12.2 Å². The van der Waals surface area contributed by atoms with Crippen LogP contribution in [0.3, 0.4) is 0 Å². The molecule has 38 heavy (non-hydrogen) atoms. The first-order valence-electron chi connectivity index (χ1n) is 16.0. The minimum absolute atomic E-state index is 0.231. The van der Waals surface area contributed by atoms with E-state index in [-0.39, 0.29) is 6.04 Å². The van der Waals surface area contributed by atoms with Gasteiger partial charge in [0.15, 0.2) is 5.11 Å². The number of rotatable bonds is 6. The molecule has 5 aliphatic rings. The van der Waals surface area contributed by atoms with Crippen molar-refractivity contribution in [2.24, 2.45) is 52.3 Å². The fourth-order valence-corrected chi connectivity index (χ4v) is 11.0. The first-order chi connectivity index (χ1) is 18.2. The van der Waals surface area contributed by atoms with E-state index in [1.807, 2.05) is 0 Å². The monoisotopic (exact) mass is 532 g/mol. The van der Waals surface area contributed by atoms with E-state index >= 15 is 0 Å². The van der Waals surface area contributed by atoms with Gasteiger partial charge in [-0.05, 0) is 127 Å².